The van der Waals surface area contributed by atoms with Crippen LogP contribution in [0.25, 0.3) is 5.69 Å². The third kappa shape index (κ3) is 4.48. The first kappa shape index (κ1) is 20.6. The number of aryl methyl sites for hydroxylation is 1. The Morgan fingerprint density at radius 1 is 1.14 bits per heavy atom. The van der Waals surface area contributed by atoms with Gasteiger partial charge in [0.25, 0.3) is 11.5 Å². The van der Waals surface area contributed by atoms with Crippen molar-refractivity contribution in [2.75, 3.05) is 0 Å². The van der Waals surface area contributed by atoms with Crippen LogP contribution < -0.4 is 11.0 Å². The van der Waals surface area contributed by atoms with Gasteiger partial charge in [-0.25, -0.2) is 10.1 Å². The monoisotopic (exact) mass is 466 g/mol. The molecule has 0 aliphatic rings. The predicted octanol–water partition coefficient (Wildman–Crippen LogP) is 3.93. The Bertz CT molecular complexity index is 1130. The number of rotatable bonds is 4. The molecule has 29 heavy (non-hydrogen) atoms. The summed E-state index contributed by atoms with van der Waals surface area (Å²) in [6, 6.07) is 14.2. The highest BCUT2D eigenvalue weighted by Gasteiger charge is 2.41. The molecule has 0 aliphatic carbocycles. The average Bonchev–Trinajstić information content (AvgIpc) is 2.96. The summed E-state index contributed by atoms with van der Waals surface area (Å²) in [6.45, 7) is 1.33. The molecule has 0 radical (unpaired) electrons. The summed E-state index contributed by atoms with van der Waals surface area (Å²) in [5.74, 6) is -0.843. The van der Waals surface area contributed by atoms with Gasteiger partial charge in [0.15, 0.2) is 5.71 Å². The van der Waals surface area contributed by atoms with Gasteiger partial charge in [-0.1, -0.05) is 40.2 Å². The van der Waals surface area contributed by atoms with Crippen molar-refractivity contribution in [1.82, 2.24) is 15.2 Å². The average molecular weight is 467 g/mol. The zero-order valence-electron chi connectivity index (χ0n) is 14.9. The third-order valence-electron chi connectivity index (χ3n) is 3.95. The zero-order valence-corrected chi connectivity index (χ0v) is 16.5. The number of alkyl halides is 3. The molecule has 1 aromatic heterocycles. The summed E-state index contributed by atoms with van der Waals surface area (Å²) in [6.07, 6.45) is -4.97. The number of nitrogens with one attached hydrogen (secondary N) is 2. The van der Waals surface area contributed by atoms with E-state index in [-0.39, 0.29) is 11.3 Å². The van der Waals surface area contributed by atoms with E-state index < -0.39 is 28.9 Å². The standard InChI is InChI=1S/C19H14BrF3N4O2/c1-11-15(18(29)27(26-11)14-8-3-2-4-9-14)16(19(21,22)23)24-25-17(28)12-6-5-7-13(20)10-12/h2-10,26H,1H3,(H,25,28)/b24-16-. The van der Waals surface area contributed by atoms with E-state index in [0.29, 0.717) is 10.2 Å². The highest BCUT2D eigenvalue weighted by atomic mass is 79.9. The summed E-state index contributed by atoms with van der Waals surface area (Å²) in [4.78, 5) is 24.8. The first-order valence-electron chi connectivity index (χ1n) is 8.26. The van der Waals surface area contributed by atoms with Gasteiger partial charge in [-0.3, -0.25) is 14.7 Å². The fraction of sp³-hybridized carbons (Fsp3) is 0.105. The SMILES string of the molecule is Cc1[nH]n(-c2ccccc2)c(=O)c1/C(=N/NC(=O)c1cccc(Br)c1)C(F)(F)F. The van der Waals surface area contributed by atoms with Crippen LogP contribution in [0.15, 0.2) is 69.0 Å². The lowest BCUT2D eigenvalue weighted by Crippen LogP contribution is -2.33. The van der Waals surface area contributed by atoms with Crippen LogP contribution >= 0.6 is 15.9 Å². The molecule has 0 atom stereocenters. The second-order valence-corrected chi connectivity index (χ2v) is 6.91. The topological polar surface area (TPSA) is 79.2 Å². The van der Waals surface area contributed by atoms with E-state index in [0.717, 1.165) is 4.68 Å². The van der Waals surface area contributed by atoms with Crippen LogP contribution in [0.2, 0.25) is 0 Å². The number of aromatic nitrogens is 2. The maximum Gasteiger partial charge on any atom is 0.435 e. The van der Waals surface area contributed by atoms with Crippen molar-refractivity contribution in [2.24, 2.45) is 5.10 Å². The van der Waals surface area contributed by atoms with Crippen molar-refractivity contribution in [2.45, 2.75) is 13.1 Å². The van der Waals surface area contributed by atoms with Crippen molar-refractivity contribution in [1.29, 1.82) is 0 Å². The summed E-state index contributed by atoms with van der Waals surface area (Å²) < 4.78 is 42.5. The molecular weight excluding hydrogens is 453 g/mol. The van der Waals surface area contributed by atoms with Gasteiger partial charge in [-0.15, -0.1) is 0 Å². The molecule has 6 nitrogen and oxygen atoms in total. The van der Waals surface area contributed by atoms with E-state index >= 15 is 0 Å². The molecule has 0 fully saturated rings. The molecule has 0 spiro atoms. The van der Waals surface area contributed by atoms with Gasteiger partial charge in [0.2, 0.25) is 0 Å². The Hall–Kier alpha value is -3.14. The normalized spacial score (nSPS) is 12.1. The Labute approximate surface area is 171 Å². The smallest absolute Gasteiger partial charge is 0.295 e. The van der Waals surface area contributed by atoms with E-state index in [4.69, 9.17) is 0 Å². The fourth-order valence-corrected chi connectivity index (χ4v) is 3.05. The Kier molecular flexibility index (Phi) is 5.73. The molecule has 1 heterocycles. The number of para-hydroxylation sites is 1. The van der Waals surface area contributed by atoms with E-state index in [9.17, 15) is 22.8 Å². The van der Waals surface area contributed by atoms with Gasteiger partial charge >= 0.3 is 6.18 Å². The molecular formula is C19H14BrF3N4O2. The Morgan fingerprint density at radius 3 is 2.45 bits per heavy atom. The second kappa shape index (κ2) is 8.08. The molecule has 3 aromatic rings. The first-order valence-corrected chi connectivity index (χ1v) is 9.06. The van der Waals surface area contributed by atoms with E-state index in [1.807, 2.05) is 5.43 Å². The molecule has 10 heteroatoms. The minimum atomic E-state index is -4.97. The van der Waals surface area contributed by atoms with Gasteiger partial charge < -0.3 is 0 Å². The zero-order chi connectivity index (χ0) is 21.2. The maximum absolute atomic E-state index is 13.6. The van der Waals surface area contributed by atoms with Crippen molar-refractivity contribution >= 4 is 27.5 Å². The minimum Gasteiger partial charge on any atom is -0.295 e. The molecule has 150 valence electrons. The predicted molar refractivity (Wildman–Crippen MR) is 105 cm³/mol. The number of hydrogen-bond acceptors (Lipinski definition) is 3. The van der Waals surface area contributed by atoms with E-state index in [2.05, 4.69) is 26.1 Å². The van der Waals surface area contributed by atoms with Crippen molar-refractivity contribution in [3.63, 3.8) is 0 Å². The van der Waals surface area contributed by atoms with E-state index in [1.54, 1.807) is 42.5 Å². The van der Waals surface area contributed by atoms with Gasteiger partial charge in [-0.05, 0) is 37.3 Å². The first-order chi connectivity index (χ1) is 13.7. The second-order valence-electron chi connectivity index (χ2n) is 6.00. The van der Waals surface area contributed by atoms with Gasteiger partial charge in [-0.2, -0.15) is 18.3 Å². The summed E-state index contributed by atoms with van der Waals surface area (Å²) >= 11 is 3.18. The highest BCUT2D eigenvalue weighted by Crippen LogP contribution is 2.23. The van der Waals surface area contributed by atoms with Crippen LogP contribution in [0.5, 0.6) is 0 Å². The lowest BCUT2D eigenvalue weighted by Gasteiger charge is -2.09. The molecule has 0 bridgehead atoms. The van der Waals surface area contributed by atoms with Crippen LogP contribution in [-0.4, -0.2) is 27.6 Å². The minimum absolute atomic E-state index is 0.0355. The number of carbonyl (C=O) groups is 1. The lowest BCUT2D eigenvalue weighted by atomic mass is 10.1. The molecule has 2 N–H and O–H groups in total. The van der Waals surface area contributed by atoms with Gasteiger partial charge in [0, 0.05) is 15.7 Å². The maximum atomic E-state index is 13.6. The Balaban J connectivity index is 2.02. The van der Waals surface area contributed by atoms with Crippen LogP contribution in [0.3, 0.4) is 0 Å². The van der Waals surface area contributed by atoms with Crippen molar-refractivity contribution in [3.8, 4) is 5.69 Å². The van der Waals surface area contributed by atoms with Crippen LogP contribution in [0.1, 0.15) is 21.6 Å². The molecule has 2 aromatic carbocycles. The van der Waals surface area contributed by atoms with E-state index in [1.165, 1.54) is 19.1 Å². The molecule has 1 amide bonds. The molecule has 0 saturated carbocycles. The van der Waals surface area contributed by atoms with Crippen LogP contribution in [0.4, 0.5) is 13.2 Å². The highest BCUT2D eigenvalue weighted by molar-refractivity contribution is 9.10. The number of nitrogens with zero attached hydrogens (tertiary/aromatic N) is 2. The summed E-state index contributed by atoms with van der Waals surface area (Å²) in [5, 5.41) is 5.86. The molecule has 0 aliphatic heterocycles. The van der Waals surface area contributed by atoms with Crippen molar-refractivity contribution < 1.29 is 18.0 Å². The summed E-state index contributed by atoms with van der Waals surface area (Å²) in [5.41, 5.74) is -0.770. The molecule has 0 saturated heterocycles. The fourth-order valence-electron chi connectivity index (χ4n) is 2.65. The lowest BCUT2D eigenvalue weighted by molar-refractivity contribution is -0.0584. The van der Waals surface area contributed by atoms with Gasteiger partial charge in [0.1, 0.15) is 0 Å². The third-order valence-corrected chi connectivity index (χ3v) is 4.44. The largest absolute Gasteiger partial charge is 0.435 e. The molecule has 3 rings (SSSR count). The van der Waals surface area contributed by atoms with Crippen LogP contribution in [-0.2, 0) is 0 Å². The number of hydrogen-bond donors (Lipinski definition) is 2. The Morgan fingerprint density at radius 2 is 1.83 bits per heavy atom. The molecule has 0 unspecified atom stereocenters. The number of carbonyl (C=O) groups excluding carboxylic acids is 1. The quantitative estimate of drug-likeness (QED) is 0.451. The number of halogens is 4. The number of amides is 1. The van der Waals surface area contributed by atoms with Crippen LogP contribution in [0, 0.1) is 6.92 Å². The number of H-pyrrole nitrogens is 1. The number of aromatic amines is 1. The van der Waals surface area contributed by atoms with Crippen molar-refractivity contribution in [3.05, 3.63) is 86.2 Å². The summed E-state index contributed by atoms with van der Waals surface area (Å²) in [7, 11) is 0. The number of hydrazone groups is 1. The number of benzene rings is 2. The van der Waals surface area contributed by atoms with Gasteiger partial charge in [0.05, 0.1) is 11.3 Å².